The summed E-state index contributed by atoms with van der Waals surface area (Å²) in [7, 11) is 0. The SMILES string of the molecule is Cc1nc(CN2CCN(C(=O)CCc3nc4ccccc4c(=O)n3C3CC3)CC2)cs1. The lowest BCUT2D eigenvalue weighted by Gasteiger charge is -2.34. The van der Waals surface area contributed by atoms with Crippen LogP contribution in [0, 0.1) is 6.92 Å². The second-order valence-electron chi connectivity index (χ2n) is 8.47. The van der Waals surface area contributed by atoms with Crippen LogP contribution in [0.25, 0.3) is 10.9 Å². The maximum Gasteiger partial charge on any atom is 0.261 e. The van der Waals surface area contributed by atoms with E-state index in [1.54, 1.807) is 11.3 Å². The van der Waals surface area contributed by atoms with Crippen LogP contribution >= 0.6 is 11.3 Å². The Morgan fingerprint density at radius 2 is 1.90 bits per heavy atom. The molecule has 3 aromatic rings. The Morgan fingerprint density at radius 3 is 2.61 bits per heavy atom. The zero-order valence-corrected chi connectivity index (χ0v) is 18.6. The summed E-state index contributed by atoms with van der Waals surface area (Å²) in [6, 6.07) is 7.74. The van der Waals surface area contributed by atoms with Gasteiger partial charge in [0.05, 0.1) is 21.6 Å². The predicted molar refractivity (Wildman–Crippen MR) is 121 cm³/mol. The van der Waals surface area contributed by atoms with Gasteiger partial charge in [-0.3, -0.25) is 19.1 Å². The number of piperazine rings is 1. The van der Waals surface area contributed by atoms with Gasteiger partial charge in [0, 0.05) is 57.0 Å². The van der Waals surface area contributed by atoms with Gasteiger partial charge in [0.25, 0.3) is 5.56 Å². The smallest absolute Gasteiger partial charge is 0.261 e. The van der Waals surface area contributed by atoms with Crippen LogP contribution in [0.4, 0.5) is 0 Å². The molecule has 1 aliphatic carbocycles. The first-order valence-electron chi connectivity index (χ1n) is 11.0. The van der Waals surface area contributed by atoms with Crippen molar-refractivity contribution in [3.05, 3.63) is 56.5 Å². The van der Waals surface area contributed by atoms with Crippen molar-refractivity contribution in [3.63, 3.8) is 0 Å². The number of hydrogen-bond donors (Lipinski definition) is 0. The highest BCUT2D eigenvalue weighted by Gasteiger charge is 2.29. The Labute approximate surface area is 185 Å². The molecule has 8 heteroatoms. The molecule has 0 radical (unpaired) electrons. The van der Waals surface area contributed by atoms with Crippen molar-refractivity contribution in [1.82, 2.24) is 24.3 Å². The number of hydrogen-bond acceptors (Lipinski definition) is 6. The molecular formula is C23H27N5O2S. The van der Waals surface area contributed by atoms with E-state index < -0.39 is 0 Å². The number of benzene rings is 1. The van der Waals surface area contributed by atoms with E-state index in [0.29, 0.717) is 18.2 Å². The van der Waals surface area contributed by atoms with E-state index >= 15 is 0 Å². The molecule has 31 heavy (non-hydrogen) atoms. The Morgan fingerprint density at radius 1 is 1.13 bits per heavy atom. The van der Waals surface area contributed by atoms with E-state index in [2.05, 4.69) is 15.3 Å². The highest BCUT2D eigenvalue weighted by molar-refractivity contribution is 7.09. The summed E-state index contributed by atoms with van der Waals surface area (Å²) < 4.78 is 1.84. The Bertz CT molecular complexity index is 1160. The van der Waals surface area contributed by atoms with E-state index in [-0.39, 0.29) is 17.5 Å². The largest absolute Gasteiger partial charge is 0.340 e. The summed E-state index contributed by atoms with van der Waals surface area (Å²) >= 11 is 1.68. The van der Waals surface area contributed by atoms with Crippen molar-refractivity contribution in [2.45, 2.75) is 45.2 Å². The van der Waals surface area contributed by atoms with E-state index in [1.165, 1.54) is 0 Å². The van der Waals surface area contributed by atoms with Crippen LogP contribution in [0.3, 0.4) is 0 Å². The average molecular weight is 438 g/mol. The molecule has 3 heterocycles. The molecule has 2 aliphatic rings. The topological polar surface area (TPSA) is 71.3 Å². The number of nitrogens with zero attached hydrogens (tertiary/aromatic N) is 5. The Balaban J connectivity index is 1.22. The molecule has 0 bridgehead atoms. The molecule has 2 aromatic heterocycles. The summed E-state index contributed by atoms with van der Waals surface area (Å²) in [5.74, 6) is 0.894. The van der Waals surface area contributed by atoms with Gasteiger partial charge in [0.2, 0.25) is 5.91 Å². The zero-order valence-electron chi connectivity index (χ0n) is 17.8. The molecule has 0 N–H and O–H groups in total. The molecule has 1 saturated heterocycles. The lowest BCUT2D eigenvalue weighted by molar-refractivity contribution is -0.133. The molecule has 0 spiro atoms. The second kappa shape index (κ2) is 8.51. The van der Waals surface area contributed by atoms with Gasteiger partial charge in [-0.15, -0.1) is 11.3 Å². The maximum absolute atomic E-state index is 13.0. The van der Waals surface area contributed by atoms with Gasteiger partial charge >= 0.3 is 0 Å². The molecule has 2 fully saturated rings. The number of thiazole rings is 1. The summed E-state index contributed by atoms with van der Waals surface area (Å²) in [5, 5.41) is 3.87. The standard InChI is InChI=1S/C23H27N5O2S/c1-16-24-17(15-31-16)14-26-10-12-27(13-11-26)22(29)9-8-21-25-20-5-3-2-4-19(20)23(30)28(21)18-6-7-18/h2-5,15,18H,6-14H2,1H3. The molecule has 0 atom stereocenters. The van der Waals surface area contributed by atoms with Crippen molar-refractivity contribution < 1.29 is 4.79 Å². The van der Waals surface area contributed by atoms with Crippen LogP contribution in [-0.4, -0.2) is 56.4 Å². The number of carbonyl (C=O) groups excluding carboxylic acids is 1. The number of rotatable bonds is 6. The van der Waals surface area contributed by atoms with Crippen molar-refractivity contribution >= 4 is 28.1 Å². The van der Waals surface area contributed by atoms with Crippen molar-refractivity contribution in [2.75, 3.05) is 26.2 Å². The van der Waals surface area contributed by atoms with Gasteiger partial charge in [-0.2, -0.15) is 0 Å². The molecule has 1 amide bonds. The van der Waals surface area contributed by atoms with Crippen LogP contribution in [0.1, 0.15) is 41.8 Å². The molecule has 1 aliphatic heterocycles. The first kappa shape index (κ1) is 20.3. The van der Waals surface area contributed by atoms with E-state index in [9.17, 15) is 9.59 Å². The molecule has 5 rings (SSSR count). The lowest BCUT2D eigenvalue weighted by Crippen LogP contribution is -2.48. The lowest BCUT2D eigenvalue weighted by atomic mass is 10.2. The monoisotopic (exact) mass is 437 g/mol. The summed E-state index contributed by atoms with van der Waals surface area (Å²) in [6.07, 6.45) is 2.93. The number of amides is 1. The number of fused-ring (bicyclic) bond motifs is 1. The number of carbonyl (C=O) groups is 1. The fraction of sp³-hybridized carbons (Fsp3) is 0.478. The highest BCUT2D eigenvalue weighted by Crippen LogP contribution is 2.35. The van der Waals surface area contributed by atoms with E-state index in [0.717, 1.165) is 67.6 Å². The van der Waals surface area contributed by atoms with Crippen molar-refractivity contribution in [3.8, 4) is 0 Å². The quantitative estimate of drug-likeness (QED) is 0.593. The second-order valence-corrected chi connectivity index (χ2v) is 9.53. The third-order valence-corrected chi connectivity index (χ3v) is 6.95. The Hall–Kier alpha value is -2.58. The summed E-state index contributed by atoms with van der Waals surface area (Å²) in [5.41, 5.74) is 1.86. The van der Waals surface area contributed by atoms with Crippen LogP contribution in [0.5, 0.6) is 0 Å². The highest BCUT2D eigenvalue weighted by atomic mass is 32.1. The van der Waals surface area contributed by atoms with Gasteiger partial charge in [-0.1, -0.05) is 12.1 Å². The van der Waals surface area contributed by atoms with Crippen LogP contribution in [-0.2, 0) is 17.8 Å². The van der Waals surface area contributed by atoms with Gasteiger partial charge in [-0.05, 0) is 31.9 Å². The molecule has 1 aromatic carbocycles. The normalized spacial score (nSPS) is 17.4. The van der Waals surface area contributed by atoms with Gasteiger partial charge < -0.3 is 4.90 Å². The molecule has 7 nitrogen and oxygen atoms in total. The van der Waals surface area contributed by atoms with Crippen LogP contribution in [0.2, 0.25) is 0 Å². The van der Waals surface area contributed by atoms with Crippen LogP contribution in [0.15, 0.2) is 34.4 Å². The van der Waals surface area contributed by atoms with Gasteiger partial charge in [-0.25, -0.2) is 9.97 Å². The minimum Gasteiger partial charge on any atom is -0.340 e. The first-order valence-corrected chi connectivity index (χ1v) is 11.9. The fourth-order valence-electron chi connectivity index (χ4n) is 4.32. The predicted octanol–water partition coefficient (Wildman–Crippen LogP) is 2.77. The van der Waals surface area contributed by atoms with Crippen LogP contribution < -0.4 is 5.56 Å². The zero-order chi connectivity index (χ0) is 21.4. The minimum absolute atomic E-state index is 0.0291. The van der Waals surface area contributed by atoms with E-state index in [1.807, 2.05) is 40.7 Å². The number of aromatic nitrogens is 3. The third kappa shape index (κ3) is 4.41. The average Bonchev–Trinajstić information content (AvgIpc) is 3.53. The number of para-hydroxylation sites is 1. The Kier molecular flexibility index (Phi) is 5.58. The van der Waals surface area contributed by atoms with Crippen molar-refractivity contribution in [2.24, 2.45) is 0 Å². The maximum atomic E-state index is 13.0. The first-order chi connectivity index (χ1) is 15.1. The molecule has 0 unspecified atom stereocenters. The molecule has 162 valence electrons. The van der Waals surface area contributed by atoms with Crippen molar-refractivity contribution in [1.29, 1.82) is 0 Å². The molecular weight excluding hydrogens is 410 g/mol. The minimum atomic E-state index is 0.0291. The summed E-state index contributed by atoms with van der Waals surface area (Å²) in [4.78, 5) is 39.4. The fourth-order valence-corrected chi connectivity index (χ4v) is 4.92. The third-order valence-electron chi connectivity index (χ3n) is 6.13. The van der Waals surface area contributed by atoms with Gasteiger partial charge in [0.15, 0.2) is 0 Å². The summed E-state index contributed by atoms with van der Waals surface area (Å²) in [6.45, 7) is 6.08. The number of aryl methyl sites for hydroxylation is 2. The van der Waals surface area contributed by atoms with E-state index in [4.69, 9.17) is 4.98 Å². The molecule has 1 saturated carbocycles. The van der Waals surface area contributed by atoms with Gasteiger partial charge in [0.1, 0.15) is 5.82 Å².